The van der Waals surface area contributed by atoms with E-state index in [0.29, 0.717) is 49.5 Å². The van der Waals surface area contributed by atoms with Crippen LogP contribution >= 0.6 is 0 Å². The molecule has 0 aliphatic carbocycles. The molecule has 0 unspecified atom stereocenters. The highest BCUT2D eigenvalue weighted by Gasteiger charge is 2.15. The summed E-state index contributed by atoms with van der Waals surface area (Å²) in [6, 6.07) is 3.56. The summed E-state index contributed by atoms with van der Waals surface area (Å²) in [5.41, 5.74) is 6.82. The number of aromatic nitrogens is 3. The van der Waals surface area contributed by atoms with Crippen LogP contribution in [0.25, 0.3) is 0 Å². The Morgan fingerprint density at radius 1 is 1.25 bits per heavy atom. The quantitative estimate of drug-likeness (QED) is 0.597. The van der Waals surface area contributed by atoms with E-state index in [2.05, 4.69) is 20.4 Å². The molecule has 2 heterocycles. The van der Waals surface area contributed by atoms with Gasteiger partial charge in [-0.2, -0.15) is 9.97 Å². The number of nitrogens with two attached hydrogens (primary N) is 1. The van der Waals surface area contributed by atoms with Gasteiger partial charge in [-0.3, -0.25) is 0 Å². The Labute approximate surface area is 166 Å². The number of likely N-dealkylation sites (N-methyl/N-ethyl adjacent to an activating group) is 2. The van der Waals surface area contributed by atoms with E-state index in [-0.39, 0.29) is 5.92 Å². The normalized spacial score (nSPS) is 12.0. The molecule has 2 aromatic rings. The minimum absolute atomic E-state index is 0.288. The largest absolute Gasteiger partial charge is 0.383 e. The average Bonchev–Trinajstić information content (AvgIpc) is 3.08. The molecule has 0 aliphatic heterocycles. The predicted molar refractivity (Wildman–Crippen MR) is 110 cm³/mol. The Morgan fingerprint density at radius 3 is 2.54 bits per heavy atom. The van der Waals surface area contributed by atoms with Gasteiger partial charge in [0.15, 0.2) is 5.76 Å². The molecule has 0 atom stereocenters. The van der Waals surface area contributed by atoms with Crippen molar-refractivity contribution in [1.29, 1.82) is 0 Å². The van der Waals surface area contributed by atoms with E-state index in [1.54, 1.807) is 13.1 Å². The maximum atomic E-state index is 11.6. The molecule has 2 rings (SSSR count). The number of nitrogens with zero attached hydrogens (tertiary/aromatic N) is 5. The molecule has 0 saturated heterocycles. The minimum Gasteiger partial charge on any atom is -0.383 e. The maximum absolute atomic E-state index is 11.6. The van der Waals surface area contributed by atoms with Crippen molar-refractivity contribution >= 4 is 27.6 Å². The number of hydrogen-bond donors (Lipinski definition) is 2. The van der Waals surface area contributed by atoms with Crippen LogP contribution in [0.2, 0.25) is 0 Å². The lowest BCUT2D eigenvalue weighted by molar-refractivity contribution is 0.379. The van der Waals surface area contributed by atoms with Crippen LogP contribution in [0.15, 0.2) is 16.7 Å². The molecule has 28 heavy (non-hydrogen) atoms. The molecule has 0 radical (unpaired) electrons. The number of sulfonamides is 1. The molecule has 0 amide bonds. The summed E-state index contributed by atoms with van der Waals surface area (Å²) >= 11 is 0. The van der Waals surface area contributed by atoms with Crippen LogP contribution in [-0.2, 0) is 16.6 Å². The molecule has 0 bridgehead atoms. The summed E-state index contributed by atoms with van der Waals surface area (Å²) in [4.78, 5) is 10.6. The Kier molecular flexibility index (Phi) is 7.19. The first-order valence-electron chi connectivity index (χ1n) is 9.10. The number of nitrogen functional groups attached to an aromatic ring is 1. The highest BCUT2D eigenvalue weighted by molar-refractivity contribution is 7.88. The van der Waals surface area contributed by atoms with Gasteiger partial charge in [-0.25, -0.2) is 12.7 Å². The summed E-state index contributed by atoms with van der Waals surface area (Å²) in [5, 5.41) is 7.12. The first-order chi connectivity index (χ1) is 13.1. The van der Waals surface area contributed by atoms with Crippen LogP contribution in [0.5, 0.6) is 0 Å². The van der Waals surface area contributed by atoms with Crippen LogP contribution in [-0.4, -0.2) is 60.8 Å². The summed E-state index contributed by atoms with van der Waals surface area (Å²) < 4.78 is 29.8. The second-order valence-electron chi connectivity index (χ2n) is 6.87. The average molecular weight is 412 g/mol. The van der Waals surface area contributed by atoms with E-state index in [4.69, 9.17) is 10.3 Å². The van der Waals surface area contributed by atoms with Gasteiger partial charge in [-0.05, 0) is 12.8 Å². The lowest BCUT2D eigenvalue weighted by Crippen LogP contribution is -2.36. The molecule has 0 spiro atoms. The lowest BCUT2D eigenvalue weighted by Gasteiger charge is -2.25. The number of rotatable bonds is 10. The van der Waals surface area contributed by atoms with Gasteiger partial charge in [0.1, 0.15) is 11.6 Å². The van der Waals surface area contributed by atoms with Crippen LogP contribution in [0.3, 0.4) is 0 Å². The van der Waals surface area contributed by atoms with E-state index in [0.717, 1.165) is 5.69 Å². The highest BCUT2D eigenvalue weighted by atomic mass is 32.2. The van der Waals surface area contributed by atoms with Gasteiger partial charge in [-0.1, -0.05) is 19.0 Å². The monoisotopic (exact) mass is 411 g/mol. The summed E-state index contributed by atoms with van der Waals surface area (Å²) in [7, 11) is -1.68. The minimum atomic E-state index is -3.23. The lowest BCUT2D eigenvalue weighted by atomic mass is 10.1. The van der Waals surface area contributed by atoms with Crippen molar-refractivity contribution in [3.63, 3.8) is 0 Å². The summed E-state index contributed by atoms with van der Waals surface area (Å²) in [6.45, 7) is 7.91. The number of nitrogens with one attached hydrogen (secondary N) is 1. The predicted octanol–water partition coefficient (Wildman–Crippen LogP) is 1.50. The Bertz CT molecular complexity index is 883. The topological polar surface area (TPSA) is 130 Å². The van der Waals surface area contributed by atoms with Crippen LogP contribution < -0.4 is 16.0 Å². The molecule has 0 aliphatic rings. The first kappa shape index (κ1) is 21.9. The highest BCUT2D eigenvalue weighted by Crippen LogP contribution is 2.18. The Hall–Kier alpha value is -2.40. The van der Waals surface area contributed by atoms with Gasteiger partial charge < -0.3 is 20.5 Å². The molecule has 156 valence electrons. The van der Waals surface area contributed by atoms with Crippen molar-refractivity contribution in [2.75, 3.05) is 48.9 Å². The molecule has 0 aromatic carbocycles. The van der Waals surface area contributed by atoms with Gasteiger partial charge in [-0.15, -0.1) is 0 Å². The van der Waals surface area contributed by atoms with Gasteiger partial charge in [0.25, 0.3) is 0 Å². The number of anilines is 3. The fourth-order valence-corrected chi connectivity index (χ4v) is 2.82. The van der Waals surface area contributed by atoms with Crippen molar-refractivity contribution in [3.8, 4) is 0 Å². The van der Waals surface area contributed by atoms with E-state index in [1.165, 1.54) is 10.6 Å². The third-order valence-electron chi connectivity index (χ3n) is 4.28. The standard InChI is InChI=1S/C17H29N7O3S/c1-6-24(8-7-23(4)28(5,25)26)16-10-15(18)20-17(21-16)19-11-13-9-14(12(2)3)22-27-13/h9-10,12H,6-8,11H2,1-5H3,(H3,18,19,20,21). The van der Waals surface area contributed by atoms with Crippen LogP contribution in [0.1, 0.15) is 38.1 Å². The molecule has 2 aromatic heterocycles. The second kappa shape index (κ2) is 9.20. The van der Waals surface area contributed by atoms with E-state index < -0.39 is 10.0 Å². The molecule has 11 heteroatoms. The molecule has 3 N–H and O–H groups in total. The smallest absolute Gasteiger partial charge is 0.226 e. The van der Waals surface area contributed by atoms with Crippen molar-refractivity contribution < 1.29 is 12.9 Å². The zero-order valence-corrected chi connectivity index (χ0v) is 17.8. The summed E-state index contributed by atoms with van der Waals surface area (Å²) in [6.07, 6.45) is 1.18. The van der Waals surface area contributed by atoms with E-state index in [9.17, 15) is 8.42 Å². The zero-order chi connectivity index (χ0) is 20.9. The zero-order valence-electron chi connectivity index (χ0n) is 17.0. The van der Waals surface area contributed by atoms with Crippen molar-refractivity contribution in [1.82, 2.24) is 19.4 Å². The fourth-order valence-electron chi connectivity index (χ4n) is 2.41. The van der Waals surface area contributed by atoms with E-state index in [1.807, 2.05) is 31.7 Å². The van der Waals surface area contributed by atoms with Gasteiger partial charge >= 0.3 is 0 Å². The molecular weight excluding hydrogens is 382 g/mol. The van der Waals surface area contributed by atoms with E-state index >= 15 is 0 Å². The van der Waals surface area contributed by atoms with Crippen LogP contribution in [0.4, 0.5) is 17.6 Å². The van der Waals surface area contributed by atoms with Crippen molar-refractivity contribution in [2.24, 2.45) is 0 Å². The fraction of sp³-hybridized carbons (Fsp3) is 0.588. The number of hydrogen-bond acceptors (Lipinski definition) is 9. The molecule has 0 saturated carbocycles. The Morgan fingerprint density at radius 2 is 1.96 bits per heavy atom. The van der Waals surface area contributed by atoms with Gasteiger partial charge in [0, 0.05) is 38.8 Å². The van der Waals surface area contributed by atoms with Crippen molar-refractivity contribution in [2.45, 2.75) is 33.2 Å². The third kappa shape index (κ3) is 6.06. The first-order valence-corrected chi connectivity index (χ1v) is 10.9. The molecule has 0 fully saturated rings. The van der Waals surface area contributed by atoms with Gasteiger partial charge in [0.05, 0.1) is 18.5 Å². The Balaban J connectivity index is 2.07. The summed E-state index contributed by atoms with van der Waals surface area (Å²) in [5.74, 6) is 2.28. The molecular formula is C17H29N7O3S. The maximum Gasteiger partial charge on any atom is 0.226 e. The van der Waals surface area contributed by atoms with Gasteiger partial charge in [0.2, 0.25) is 16.0 Å². The van der Waals surface area contributed by atoms with Crippen molar-refractivity contribution in [3.05, 3.63) is 23.6 Å². The van der Waals surface area contributed by atoms with Crippen LogP contribution in [0, 0.1) is 0 Å². The second-order valence-corrected chi connectivity index (χ2v) is 8.95. The SMILES string of the molecule is CCN(CCN(C)S(C)(=O)=O)c1cc(N)nc(NCc2cc(C(C)C)no2)n1. The molecule has 10 nitrogen and oxygen atoms in total. The third-order valence-corrected chi connectivity index (χ3v) is 5.59.